The van der Waals surface area contributed by atoms with Gasteiger partial charge in [-0.3, -0.25) is 0 Å². The third-order valence-electron chi connectivity index (χ3n) is 15.4. The smallest absolute Gasteiger partial charge is 0.0699 e. The number of rotatable bonds is 4. The Hall–Kier alpha value is -8.60. The van der Waals surface area contributed by atoms with Crippen LogP contribution in [0, 0.1) is 0 Å². The van der Waals surface area contributed by atoms with Gasteiger partial charge in [0, 0.05) is 30.9 Å². The van der Waals surface area contributed by atoms with Gasteiger partial charge in [0.05, 0.1) is 45.5 Å². The molecule has 2 aliphatic heterocycles. The van der Waals surface area contributed by atoms with Crippen molar-refractivity contribution in [1.29, 1.82) is 0 Å². The van der Waals surface area contributed by atoms with Crippen molar-refractivity contribution in [3.05, 3.63) is 230 Å². The van der Waals surface area contributed by atoms with E-state index in [-0.39, 0.29) is 5.41 Å². The van der Waals surface area contributed by atoms with E-state index in [2.05, 4.69) is 266 Å². The van der Waals surface area contributed by atoms with Crippen LogP contribution in [0.4, 0.5) is 56.9 Å². The summed E-state index contributed by atoms with van der Waals surface area (Å²) in [6.45, 7) is 4.83. The maximum Gasteiger partial charge on any atom is 0.0699 e. The molecule has 0 saturated heterocycles. The van der Waals surface area contributed by atoms with E-state index >= 15 is 0 Å². The summed E-state index contributed by atoms with van der Waals surface area (Å²) in [5.74, 6) is 0. The van der Waals surface area contributed by atoms with Gasteiger partial charge in [-0.25, -0.2) is 0 Å². The Bertz CT molecular complexity index is 3860. The number of para-hydroxylation sites is 8. The van der Waals surface area contributed by atoms with Crippen molar-refractivity contribution >= 4 is 89.2 Å². The summed E-state index contributed by atoms with van der Waals surface area (Å²) >= 11 is 0. The fraction of sp³-hybridized carbons (Fsp3) is 0.0769. The number of anilines is 10. The number of benzene rings is 11. The van der Waals surface area contributed by atoms with E-state index in [4.69, 9.17) is 0 Å². The van der Waals surface area contributed by atoms with Gasteiger partial charge in [-0.2, -0.15) is 0 Å². The topological polar surface area (TPSA) is 13.0 Å². The third kappa shape index (κ3) is 5.57. The average Bonchev–Trinajstić information content (AvgIpc) is 3.64. The highest BCUT2D eigenvalue weighted by Gasteiger charge is 2.39. The van der Waals surface area contributed by atoms with Crippen LogP contribution in [-0.2, 0) is 5.41 Å². The van der Waals surface area contributed by atoms with Crippen LogP contribution in [0.1, 0.15) is 25.0 Å². The van der Waals surface area contributed by atoms with E-state index < -0.39 is 0 Å². The van der Waals surface area contributed by atoms with Crippen LogP contribution in [-0.4, -0.2) is 14.1 Å². The van der Waals surface area contributed by atoms with Gasteiger partial charge in [-0.05, 0) is 150 Å². The predicted molar refractivity (Wildman–Crippen MR) is 293 cm³/mol. The zero-order valence-corrected chi connectivity index (χ0v) is 39.1. The minimum Gasteiger partial charge on any atom is -0.341 e. The molecule has 0 N–H and O–H groups in total. The SMILES string of the molecule is CN1c2ccccc2N(c2ccc3c(-c4cccc5ccccc45)c4cc(N5c6ccccc6N(C)c6ccccc65)ccc4c(-c4cccc5c4C(C)(C)c4ccccc4-5)c3c2)c2ccccc21. The Kier molecular flexibility index (Phi) is 8.43. The van der Waals surface area contributed by atoms with Gasteiger partial charge in [-0.1, -0.05) is 159 Å². The molecular formula is C65H48N4. The van der Waals surface area contributed by atoms with Crippen LogP contribution in [0.15, 0.2) is 218 Å². The Morgan fingerprint density at radius 1 is 0.304 bits per heavy atom. The second kappa shape index (κ2) is 14.7. The molecule has 0 aromatic heterocycles. The monoisotopic (exact) mass is 884 g/mol. The van der Waals surface area contributed by atoms with Crippen LogP contribution in [0.3, 0.4) is 0 Å². The molecule has 0 radical (unpaired) electrons. The molecule has 0 fully saturated rings. The Labute approximate surface area is 403 Å². The molecular weight excluding hydrogens is 837 g/mol. The fourth-order valence-electron chi connectivity index (χ4n) is 12.4. The summed E-state index contributed by atoms with van der Waals surface area (Å²) in [5.41, 5.74) is 21.7. The van der Waals surface area contributed by atoms with Crippen molar-refractivity contribution in [3.63, 3.8) is 0 Å². The molecule has 1 aliphatic carbocycles. The molecule has 2 heterocycles. The lowest BCUT2D eigenvalue weighted by Crippen LogP contribution is -2.24. The lowest BCUT2D eigenvalue weighted by atomic mass is 9.76. The largest absolute Gasteiger partial charge is 0.341 e. The normalized spacial score (nSPS) is 14.1. The van der Waals surface area contributed by atoms with E-state index in [0.717, 1.165) is 34.1 Å². The van der Waals surface area contributed by atoms with Crippen molar-refractivity contribution < 1.29 is 0 Å². The van der Waals surface area contributed by atoms with Gasteiger partial charge >= 0.3 is 0 Å². The predicted octanol–water partition coefficient (Wildman–Crippen LogP) is 17.9. The second-order valence-corrected chi connectivity index (χ2v) is 19.4. The first-order valence-corrected chi connectivity index (χ1v) is 24.1. The lowest BCUT2D eigenvalue weighted by Gasteiger charge is -2.39. The molecule has 14 rings (SSSR count). The highest BCUT2D eigenvalue weighted by Crippen LogP contribution is 2.58. The average molecular weight is 885 g/mol. The maximum absolute atomic E-state index is 2.49. The molecule has 69 heavy (non-hydrogen) atoms. The van der Waals surface area contributed by atoms with E-state index in [1.165, 1.54) is 99.6 Å². The standard InChI is InChI=1S/C65H48N4/c1-65(2)53-26-8-7-22-45(53)49-24-18-25-50(64(49)65)63-48-38-36-42(68-58-31-13-9-27-54(58)66(3)55-28-10-14-32-59(55)68)39-51(48)62(46-23-17-20-41-19-5-6-21-44(41)46)47-37-35-43(40-52(47)63)69-60-33-15-11-29-56(60)67(4)57-30-12-16-34-61(57)69/h5-40H,1-4H3. The Balaban J connectivity index is 1.14. The molecule has 0 amide bonds. The van der Waals surface area contributed by atoms with E-state index in [1.807, 2.05) is 0 Å². The molecule has 11 aromatic rings. The molecule has 0 bridgehead atoms. The zero-order valence-electron chi connectivity index (χ0n) is 39.1. The maximum atomic E-state index is 2.49. The summed E-state index contributed by atoms with van der Waals surface area (Å²) in [6, 6.07) is 81.5. The molecule has 4 nitrogen and oxygen atoms in total. The van der Waals surface area contributed by atoms with Crippen molar-refractivity contribution in [2.24, 2.45) is 0 Å². The van der Waals surface area contributed by atoms with Crippen molar-refractivity contribution in [3.8, 4) is 33.4 Å². The fourth-order valence-corrected chi connectivity index (χ4v) is 12.4. The van der Waals surface area contributed by atoms with Gasteiger partial charge in [0.2, 0.25) is 0 Å². The molecule has 4 heteroatoms. The number of nitrogens with zero attached hydrogens (tertiary/aromatic N) is 4. The first kappa shape index (κ1) is 39.6. The van der Waals surface area contributed by atoms with Crippen LogP contribution in [0.5, 0.6) is 0 Å². The first-order valence-electron chi connectivity index (χ1n) is 24.1. The van der Waals surface area contributed by atoms with Crippen LogP contribution >= 0.6 is 0 Å². The molecule has 0 unspecified atom stereocenters. The quantitative estimate of drug-likeness (QED) is 0.163. The summed E-state index contributed by atoms with van der Waals surface area (Å²) in [6.07, 6.45) is 0. The molecule has 0 atom stereocenters. The number of hydrogen-bond donors (Lipinski definition) is 0. The lowest BCUT2D eigenvalue weighted by molar-refractivity contribution is 0.662. The van der Waals surface area contributed by atoms with Gasteiger partial charge in [0.15, 0.2) is 0 Å². The first-order chi connectivity index (χ1) is 33.9. The third-order valence-corrected chi connectivity index (χ3v) is 15.4. The Morgan fingerprint density at radius 2 is 0.696 bits per heavy atom. The van der Waals surface area contributed by atoms with Gasteiger partial charge in [0.25, 0.3) is 0 Å². The van der Waals surface area contributed by atoms with E-state index in [1.54, 1.807) is 0 Å². The van der Waals surface area contributed by atoms with Crippen molar-refractivity contribution in [2.45, 2.75) is 19.3 Å². The van der Waals surface area contributed by atoms with Crippen LogP contribution < -0.4 is 19.6 Å². The van der Waals surface area contributed by atoms with E-state index in [9.17, 15) is 0 Å². The van der Waals surface area contributed by atoms with Gasteiger partial charge < -0.3 is 19.6 Å². The second-order valence-electron chi connectivity index (χ2n) is 19.4. The summed E-state index contributed by atoms with van der Waals surface area (Å²) < 4.78 is 0. The summed E-state index contributed by atoms with van der Waals surface area (Å²) in [7, 11) is 4.36. The summed E-state index contributed by atoms with van der Waals surface area (Å²) in [5, 5.41) is 7.34. The number of fused-ring (bicyclic) bond motifs is 10. The van der Waals surface area contributed by atoms with Gasteiger partial charge in [0.1, 0.15) is 0 Å². The van der Waals surface area contributed by atoms with E-state index in [0.29, 0.717) is 0 Å². The highest BCUT2D eigenvalue weighted by molar-refractivity contribution is 6.25. The zero-order chi connectivity index (χ0) is 46.1. The van der Waals surface area contributed by atoms with Crippen molar-refractivity contribution in [1.82, 2.24) is 0 Å². The minimum absolute atomic E-state index is 0.240. The molecule has 11 aromatic carbocycles. The molecule has 0 spiro atoms. The number of hydrogen-bond acceptors (Lipinski definition) is 4. The molecule has 0 saturated carbocycles. The van der Waals surface area contributed by atoms with Crippen LogP contribution in [0.25, 0.3) is 65.7 Å². The highest BCUT2D eigenvalue weighted by atomic mass is 15.3. The van der Waals surface area contributed by atoms with Crippen molar-refractivity contribution in [2.75, 3.05) is 33.7 Å². The molecule has 328 valence electrons. The Morgan fingerprint density at radius 3 is 1.25 bits per heavy atom. The summed E-state index contributed by atoms with van der Waals surface area (Å²) in [4.78, 5) is 9.57. The van der Waals surface area contributed by atoms with Crippen LogP contribution in [0.2, 0.25) is 0 Å². The van der Waals surface area contributed by atoms with Gasteiger partial charge in [-0.15, -0.1) is 0 Å². The molecule has 3 aliphatic rings. The minimum atomic E-state index is -0.240.